The van der Waals surface area contributed by atoms with Gasteiger partial charge in [0, 0.05) is 29.5 Å². The fourth-order valence-corrected chi connectivity index (χ4v) is 4.30. The van der Waals surface area contributed by atoms with Crippen LogP contribution in [-0.2, 0) is 0 Å². The van der Waals surface area contributed by atoms with Crippen LogP contribution in [0.25, 0.3) is 0 Å². The molecule has 2 fully saturated rings. The van der Waals surface area contributed by atoms with Gasteiger partial charge in [-0.1, -0.05) is 6.42 Å². The summed E-state index contributed by atoms with van der Waals surface area (Å²) in [5.74, 6) is -0.0439. The lowest BCUT2D eigenvalue weighted by molar-refractivity contribution is 0.0902. The van der Waals surface area contributed by atoms with Gasteiger partial charge in [-0.05, 0) is 86.8 Å². The molecule has 2 aliphatic heterocycles. The second-order valence-electron chi connectivity index (χ2n) is 7.17. The van der Waals surface area contributed by atoms with Gasteiger partial charge in [-0.2, -0.15) is 0 Å². The lowest BCUT2D eigenvalue weighted by Crippen LogP contribution is -2.47. The van der Waals surface area contributed by atoms with Crippen LogP contribution in [0.2, 0.25) is 0 Å². The van der Waals surface area contributed by atoms with Crippen LogP contribution in [0.1, 0.15) is 48.9 Å². The first-order chi connectivity index (χ1) is 12.2. The first-order valence-electron chi connectivity index (χ1n) is 9.57. The number of hydrogen-bond donors (Lipinski definition) is 1. The van der Waals surface area contributed by atoms with E-state index in [0.717, 1.165) is 30.0 Å². The summed E-state index contributed by atoms with van der Waals surface area (Å²) >= 11 is 3.35. The van der Waals surface area contributed by atoms with Crippen molar-refractivity contribution in [2.24, 2.45) is 0 Å². The summed E-state index contributed by atoms with van der Waals surface area (Å²) < 4.78 is 0.830. The Labute approximate surface area is 159 Å². The lowest BCUT2D eigenvalue weighted by Gasteiger charge is -2.40. The van der Waals surface area contributed by atoms with Gasteiger partial charge < -0.3 is 15.1 Å². The molecule has 0 atom stereocenters. The highest BCUT2D eigenvalue weighted by Gasteiger charge is 2.25. The third-order valence-corrected chi connectivity index (χ3v) is 5.80. The van der Waals surface area contributed by atoms with Gasteiger partial charge in [0.1, 0.15) is 0 Å². The van der Waals surface area contributed by atoms with E-state index in [9.17, 15) is 4.79 Å². The zero-order valence-electron chi connectivity index (χ0n) is 14.9. The molecule has 0 bridgehead atoms. The van der Waals surface area contributed by atoms with Crippen molar-refractivity contribution in [3.63, 3.8) is 0 Å². The largest absolute Gasteiger partial charge is 0.352 e. The lowest BCUT2D eigenvalue weighted by atomic mass is 10.00. The molecular formula is C19H29BrN4O. The molecule has 0 aliphatic carbocycles. The molecule has 0 saturated carbocycles. The van der Waals surface area contributed by atoms with Gasteiger partial charge in [0.05, 0.1) is 5.56 Å². The minimum atomic E-state index is -0.0439. The van der Waals surface area contributed by atoms with Crippen molar-refractivity contribution in [2.45, 2.75) is 44.6 Å². The molecule has 0 spiro atoms. The van der Waals surface area contributed by atoms with E-state index < -0.39 is 0 Å². The van der Waals surface area contributed by atoms with E-state index in [2.05, 4.69) is 36.0 Å². The normalized spacial score (nSPS) is 20.5. The quantitative estimate of drug-likeness (QED) is 0.735. The second-order valence-corrected chi connectivity index (χ2v) is 8.09. The minimum Gasteiger partial charge on any atom is -0.352 e. The van der Waals surface area contributed by atoms with Gasteiger partial charge >= 0.3 is 0 Å². The summed E-state index contributed by atoms with van der Waals surface area (Å²) in [6.45, 7) is 6.80. The van der Waals surface area contributed by atoms with Crippen molar-refractivity contribution in [3.8, 4) is 0 Å². The molecule has 2 saturated heterocycles. The number of amides is 1. The third kappa shape index (κ3) is 5.76. The fourth-order valence-electron chi connectivity index (χ4n) is 3.93. The van der Waals surface area contributed by atoms with Gasteiger partial charge in [0.15, 0.2) is 0 Å². The van der Waals surface area contributed by atoms with E-state index in [1.165, 1.54) is 58.3 Å². The number of nitrogens with one attached hydrogen (secondary N) is 1. The van der Waals surface area contributed by atoms with Crippen LogP contribution in [0.5, 0.6) is 0 Å². The Hall–Kier alpha value is -0.980. The number of carbonyl (C=O) groups is 1. The van der Waals surface area contributed by atoms with Crippen molar-refractivity contribution < 1.29 is 4.79 Å². The number of pyridine rings is 1. The van der Waals surface area contributed by atoms with Crippen molar-refractivity contribution in [1.29, 1.82) is 0 Å². The van der Waals surface area contributed by atoms with Crippen LogP contribution in [0.4, 0.5) is 0 Å². The summed E-state index contributed by atoms with van der Waals surface area (Å²) in [7, 11) is 0. The van der Waals surface area contributed by atoms with E-state index in [1.54, 1.807) is 18.5 Å². The smallest absolute Gasteiger partial charge is 0.252 e. The van der Waals surface area contributed by atoms with Gasteiger partial charge in [-0.25, -0.2) is 0 Å². The summed E-state index contributed by atoms with van der Waals surface area (Å²) in [5, 5.41) is 2.99. The Morgan fingerprint density at radius 1 is 1.16 bits per heavy atom. The number of nitrogens with zero attached hydrogens (tertiary/aromatic N) is 3. The first kappa shape index (κ1) is 18.8. The minimum absolute atomic E-state index is 0.0439. The molecule has 3 rings (SSSR count). The second kappa shape index (κ2) is 9.64. The molecule has 25 heavy (non-hydrogen) atoms. The molecule has 5 nitrogen and oxygen atoms in total. The maximum Gasteiger partial charge on any atom is 0.252 e. The van der Waals surface area contributed by atoms with Gasteiger partial charge in [0.2, 0.25) is 0 Å². The Morgan fingerprint density at radius 2 is 1.92 bits per heavy atom. The number of rotatable bonds is 6. The molecule has 1 aromatic heterocycles. The van der Waals surface area contributed by atoms with Crippen molar-refractivity contribution in [2.75, 3.05) is 39.3 Å². The molecule has 6 heteroatoms. The van der Waals surface area contributed by atoms with Crippen molar-refractivity contribution in [3.05, 3.63) is 28.5 Å². The van der Waals surface area contributed by atoms with Gasteiger partial charge in [-0.3, -0.25) is 9.78 Å². The van der Waals surface area contributed by atoms with Crippen LogP contribution in [0.15, 0.2) is 22.9 Å². The molecule has 1 N–H and O–H groups in total. The maximum atomic E-state index is 12.1. The Morgan fingerprint density at radius 3 is 2.64 bits per heavy atom. The number of aromatic nitrogens is 1. The van der Waals surface area contributed by atoms with E-state index in [-0.39, 0.29) is 5.91 Å². The number of carbonyl (C=O) groups excluding carboxylic acids is 1. The standard InChI is InChI=1S/C19H29BrN4O/c20-17-13-16(14-21-15-17)19(25)22-7-4-8-23-11-5-18(6-12-23)24-9-2-1-3-10-24/h13-15,18H,1-12H2,(H,22,25). The zero-order chi connectivity index (χ0) is 17.5. The highest BCUT2D eigenvalue weighted by atomic mass is 79.9. The van der Waals surface area contributed by atoms with Crippen LogP contribution in [0, 0.1) is 0 Å². The number of hydrogen-bond acceptors (Lipinski definition) is 4. The average Bonchev–Trinajstić information content (AvgIpc) is 2.66. The molecule has 0 radical (unpaired) electrons. The maximum absolute atomic E-state index is 12.1. The molecule has 1 aromatic rings. The summed E-state index contributed by atoms with van der Waals surface area (Å²) in [4.78, 5) is 21.4. The van der Waals surface area contributed by atoms with Crippen LogP contribution in [-0.4, -0.2) is 66.0 Å². The number of likely N-dealkylation sites (tertiary alicyclic amines) is 2. The third-order valence-electron chi connectivity index (χ3n) is 5.37. The predicted molar refractivity (Wildman–Crippen MR) is 104 cm³/mol. The SMILES string of the molecule is O=C(NCCCN1CCC(N2CCCCC2)CC1)c1cncc(Br)c1. The number of piperidine rings is 2. The molecule has 138 valence electrons. The summed E-state index contributed by atoms with van der Waals surface area (Å²) in [6, 6.07) is 2.61. The Kier molecular flexibility index (Phi) is 7.25. The molecule has 0 unspecified atom stereocenters. The highest BCUT2D eigenvalue weighted by Crippen LogP contribution is 2.20. The molecule has 3 heterocycles. The summed E-state index contributed by atoms with van der Waals surface area (Å²) in [6.07, 6.45) is 11.1. The first-order valence-corrected chi connectivity index (χ1v) is 10.4. The molecule has 2 aliphatic rings. The molecule has 1 amide bonds. The molecule has 0 aromatic carbocycles. The van der Waals surface area contributed by atoms with Gasteiger partial charge in [0.25, 0.3) is 5.91 Å². The Balaban J connectivity index is 1.30. The van der Waals surface area contributed by atoms with E-state index >= 15 is 0 Å². The monoisotopic (exact) mass is 408 g/mol. The van der Waals surface area contributed by atoms with E-state index in [0.29, 0.717) is 5.56 Å². The Bertz CT molecular complexity index is 554. The fraction of sp³-hybridized carbons (Fsp3) is 0.684. The van der Waals surface area contributed by atoms with Crippen molar-refractivity contribution in [1.82, 2.24) is 20.1 Å². The predicted octanol–water partition coefficient (Wildman–Crippen LogP) is 2.91. The van der Waals surface area contributed by atoms with E-state index in [4.69, 9.17) is 0 Å². The van der Waals surface area contributed by atoms with Gasteiger partial charge in [-0.15, -0.1) is 0 Å². The average molecular weight is 409 g/mol. The van der Waals surface area contributed by atoms with Crippen LogP contribution in [0.3, 0.4) is 0 Å². The zero-order valence-corrected chi connectivity index (χ0v) is 16.5. The molecular weight excluding hydrogens is 380 g/mol. The van der Waals surface area contributed by atoms with Crippen molar-refractivity contribution >= 4 is 21.8 Å². The van der Waals surface area contributed by atoms with Crippen LogP contribution < -0.4 is 5.32 Å². The topological polar surface area (TPSA) is 48.5 Å². The van der Waals surface area contributed by atoms with E-state index in [1.807, 2.05) is 0 Å². The highest BCUT2D eigenvalue weighted by molar-refractivity contribution is 9.10. The number of halogens is 1. The summed E-state index contributed by atoms with van der Waals surface area (Å²) in [5.41, 5.74) is 0.608. The van der Waals surface area contributed by atoms with Crippen LogP contribution >= 0.6 is 15.9 Å².